The molecule has 6 heteroatoms. The lowest BCUT2D eigenvalue weighted by Crippen LogP contribution is -2.38. The number of amides is 1. The van der Waals surface area contributed by atoms with E-state index in [1.165, 1.54) is 30.5 Å². The number of rotatable bonds is 3. The molecular formula is C26H31ClN4O. The minimum atomic E-state index is -0.0504. The average molecular weight is 451 g/mol. The van der Waals surface area contributed by atoms with E-state index in [0.29, 0.717) is 16.5 Å². The molecule has 32 heavy (non-hydrogen) atoms. The number of likely N-dealkylation sites (tertiary alicyclic amines) is 1. The Morgan fingerprint density at radius 3 is 2.72 bits per heavy atom. The number of piperidine rings is 1. The molecule has 1 aromatic carbocycles. The van der Waals surface area contributed by atoms with Gasteiger partial charge in [0.25, 0.3) is 5.91 Å². The van der Waals surface area contributed by atoms with Gasteiger partial charge in [0.2, 0.25) is 0 Å². The molecule has 5 rings (SSSR count). The van der Waals surface area contributed by atoms with Gasteiger partial charge in [-0.3, -0.25) is 4.79 Å². The molecule has 0 N–H and O–H groups in total. The van der Waals surface area contributed by atoms with E-state index >= 15 is 0 Å². The summed E-state index contributed by atoms with van der Waals surface area (Å²) in [5.41, 5.74) is 5.85. The van der Waals surface area contributed by atoms with Gasteiger partial charge in [-0.15, -0.1) is 0 Å². The Morgan fingerprint density at radius 2 is 1.97 bits per heavy atom. The predicted octanol–water partition coefficient (Wildman–Crippen LogP) is 6.27. The Morgan fingerprint density at radius 1 is 1.12 bits per heavy atom. The van der Waals surface area contributed by atoms with Crippen molar-refractivity contribution in [1.82, 2.24) is 19.5 Å². The molecule has 1 saturated heterocycles. The van der Waals surface area contributed by atoms with Crippen LogP contribution in [-0.2, 0) is 0 Å². The van der Waals surface area contributed by atoms with Crippen LogP contribution in [0.5, 0.6) is 0 Å². The lowest BCUT2D eigenvalue weighted by molar-refractivity contribution is 0.0606. The maximum absolute atomic E-state index is 13.4. The number of benzene rings is 1. The molecule has 0 radical (unpaired) electrons. The van der Waals surface area contributed by atoms with E-state index < -0.39 is 0 Å². The quantitative estimate of drug-likeness (QED) is 0.472. The van der Waals surface area contributed by atoms with E-state index in [2.05, 4.69) is 26.1 Å². The molecule has 5 nitrogen and oxygen atoms in total. The van der Waals surface area contributed by atoms with Crippen LogP contribution in [-0.4, -0.2) is 31.9 Å². The zero-order valence-electron chi connectivity index (χ0n) is 19.1. The summed E-state index contributed by atoms with van der Waals surface area (Å²) in [5, 5.41) is 5.39. The molecule has 3 atom stereocenters. The number of carbonyl (C=O) groups is 1. The summed E-state index contributed by atoms with van der Waals surface area (Å²) in [7, 11) is 0. The third-order valence-electron chi connectivity index (χ3n) is 7.23. The molecule has 2 fully saturated rings. The van der Waals surface area contributed by atoms with E-state index in [1.54, 1.807) is 0 Å². The summed E-state index contributed by atoms with van der Waals surface area (Å²) in [6.45, 7) is 7.18. The first-order valence-corrected chi connectivity index (χ1v) is 12.2. The molecule has 2 aromatic heterocycles. The Kier molecular flexibility index (Phi) is 5.70. The maximum Gasteiger partial charge on any atom is 0.255 e. The van der Waals surface area contributed by atoms with Crippen molar-refractivity contribution in [2.24, 2.45) is 5.92 Å². The summed E-state index contributed by atoms with van der Waals surface area (Å²) in [6, 6.07) is 7.67. The number of aryl methyl sites for hydroxylation is 2. The van der Waals surface area contributed by atoms with Gasteiger partial charge in [0.15, 0.2) is 5.65 Å². The predicted molar refractivity (Wildman–Crippen MR) is 127 cm³/mol. The van der Waals surface area contributed by atoms with Crippen molar-refractivity contribution in [3.05, 3.63) is 63.6 Å². The Labute approximate surface area is 194 Å². The summed E-state index contributed by atoms with van der Waals surface area (Å²) in [6.07, 6.45) is 8.81. The number of halogens is 1. The topological polar surface area (TPSA) is 50.5 Å². The summed E-state index contributed by atoms with van der Waals surface area (Å²) >= 11 is 6.43. The van der Waals surface area contributed by atoms with E-state index in [1.807, 2.05) is 34.5 Å². The number of hydrogen-bond acceptors (Lipinski definition) is 3. The lowest BCUT2D eigenvalue weighted by Gasteiger charge is -2.35. The minimum absolute atomic E-state index is 0.0125. The van der Waals surface area contributed by atoms with Crippen molar-refractivity contribution in [2.75, 3.05) is 6.54 Å². The molecule has 1 aliphatic carbocycles. The van der Waals surface area contributed by atoms with Gasteiger partial charge in [-0.25, -0.2) is 9.50 Å². The van der Waals surface area contributed by atoms with Crippen LogP contribution in [0, 0.1) is 19.8 Å². The zero-order valence-corrected chi connectivity index (χ0v) is 19.9. The van der Waals surface area contributed by atoms with Crippen molar-refractivity contribution < 1.29 is 4.79 Å². The molecule has 0 bridgehead atoms. The number of nitrogens with zero attached hydrogens (tertiary/aromatic N) is 4. The SMILES string of the molecule is Cc1ccc(C(=O)N2CCCC[C@H]2c2cc3nc(C4CC[C@H](C)C4)c(C)cn3n2)c(Cl)c1. The molecule has 1 unspecified atom stereocenters. The van der Waals surface area contributed by atoms with Crippen LogP contribution in [0.2, 0.25) is 5.02 Å². The van der Waals surface area contributed by atoms with Crippen LogP contribution < -0.4 is 0 Å². The molecule has 3 aromatic rings. The largest absolute Gasteiger partial charge is 0.330 e. The van der Waals surface area contributed by atoms with E-state index in [-0.39, 0.29) is 11.9 Å². The number of carbonyl (C=O) groups excluding carboxylic acids is 1. The molecule has 3 heterocycles. The molecule has 168 valence electrons. The molecule has 1 saturated carbocycles. The maximum atomic E-state index is 13.4. The van der Waals surface area contributed by atoms with Gasteiger partial charge in [-0.2, -0.15) is 5.10 Å². The Bertz CT molecular complexity index is 1170. The average Bonchev–Trinajstić information content (AvgIpc) is 3.38. The van der Waals surface area contributed by atoms with Crippen LogP contribution in [0.15, 0.2) is 30.5 Å². The van der Waals surface area contributed by atoms with Crippen molar-refractivity contribution in [1.29, 1.82) is 0 Å². The van der Waals surface area contributed by atoms with Crippen LogP contribution in [0.3, 0.4) is 0 Å². The fraction of sp³-hybridized carbons (Fsp3) is 0.500. The van der Waals surface area contributed by atoms with Crippen molar-refractivity contribution >= 4 is 23.2 Å². The highest BCUT2D eigenvalue weighted by molar-refractivity contribution is 6.33. The second-order valence-electron chi connectivity index (χ2n) is 9.79. The second-order valence-corrected chi connectivity index (χ2v) is 10.2. The fourth-order valence-corrected chi connectivity index (χ4v) is 5.82. The smallest absolute Gasteiger partial charge is 0.255 e. The van der Waals surface area contributed by atoms with Gasteiger partial charge in [-0.05, 0) is 75.1 Å². The third-order valence-corrected chi connectivity index (χ3v) is 7.54. The zero-order chi connectivity index (χ0) is 22.4. The lowest BCUT2D eigenvalue weighted by atomic mass is 9.98. The van der Waals surface area contributed by atoms with Gasteiger partial charge in [0.05, 0.1) is 28.0 Å². The van der Waals surface area contributed by atoms with Crippen molar-refractivity contribution in [2.45, 2.75) is 71.3 Å². The van der Waals surface area contributed by atoms with E-state index in [9.17, 15) is 4.79 Å². The first kappa shape index (κ1) is 21.4. The molecule has 0 spiro atoms. The van der Waals surface area contributed by atoms with Crippen LogP contribution in [0.1, 0.15) is 90.3 Å². The monoisotopic (exact) mass is 450 g/mol. The molecular weight excluding hydrogens is 420 g/mol. The normalized spacial score (nSPS) is 23.8. The third kappa shape index (κ3) is 3.92. The standard InChI is InChI=1S/C26H31ClN4O/c1-16-7-9-19(12-16)25-18(3)15-31-24(28-25)14-22(29-31)23-6-4-5-11-30(23)26(32)20-10-8-17(2)13-21(20)27/h8,10,13-16,19,23H,4-7,9,11-12H2,1-3H3/t16-,19?,23-/m0/s1. The van der Waals surface area contributed by atoms with Gasteiger partial charge in [0.1, 0.15) is 0 Å². The van der Waals surface area contributed by atoms with Gasteiger partial charge in [0, 0.05) is 24.7 Å². The summed E-state index contributed by atoms with van der Waals surface area (Å²) in [5.74, 6) is 1.31. The highest BCUT2D eigenvalue weighted by Crippen LogP contribution is 2.39. The first-order chi connectivity index (χ1) is 15.4. The first-order valence-electron chi connectivity index (χ1n) is 11.8. The molecule has 2 aliphatic rings. The van der Waals surface area contributed by atoms with Crippen LogP contribution >= 0.6 is 11.6 Å². The van der Waals surface area contributed by atoms with E-state index in [4.69, 9.17) is 21.7 Å². The van der Waals surface area contributed by atoms with Crippen LogP contribution in [0.4, 0.5) is 0 Å². The van der Waals surface area contributed by atoms with E-state index in [0.717, 1.165) is 48.6 Å². The summed E-state index contributed by atoms with van der Waals surface area (Å²) < 4.78 is 1.89. The number of hydrogen-bond donors (Lipinski definition) is 0. The van der Waals surface area contributed by atoms with Gasteiger partial charge >= 0.3 is 0 Å². The Hall–Kier alpha value is -2.40. The van der Waals surface area contributed by atoms with Crippen LogP contribution in [0.25, 0.3) is 5.65 Å². The fourth-order valence-electron chi connectivity index (χ4n) is 5.50. The second kappa shape index (κ2) is 8.51. The molecule has 1 aliphatic heterocycles. The van der Waals surface area contributed by atoms with Crippen molar-refractivity contribution in [3.63, 3.8) is 0 Å². The van der Waals surface area contributed by atoms with Crippen molar-refractivity contribution in [3.8, 4) is 0 Å². The van der Waals surface area contributed by atoms with Gasteiger partial charge < -0.3 is 4.90 Å². The molecule has 1 amide bonds. The summed E-state index contributed by atoms with van der Waals surface area (Å²) in [4.78, 5) is 20.4. The highest BCUT2D eigenvalue weighted by atomic mass is 35.5. The highest BCUT2D eigenvalue weighted by Gasteiger charge is 2.32. The number of fused-ring (bicyclic) bond motifs is 1. The van der Waals surface area contributed by atoms with Gasteiger partial charge in [-0.1, -0.05) is 31.0 Å². The Balaban J connectivity index is 1.47. The number of aromatic nitrogens is 3. The minimum Gasteiger partial charge on any atom is -0.330 e.